The van der Waals surface area contributed by atoms with Gasteiger partial charge in [-0.05, 0) is 31.2 Å². The van der Waals surface area contributed by atoms with Crippen LogP contribution in [0.4, 0.5) is 0 Å². The molecule has 1 aromatic carbocycles. The summed E-state index contributed by atoms with van der Waals surface area (Å²) in [6.07, 6.45) is 3.08. The normalized spacial score (nSPS) is 11.0. The first-order chi connectivity index (χ1) is 12.2. The highest BCUT2D eigenvalue weighted by molar-refractivity contribution is 5.90. The van der Waals surface area contributed by atoms with E-state index in [9.17, 15) is 4.79 Å². The summed E-state index contributed by atoms with van der Waals surface area (Å²) in [5.41, 5.74) is 3.00. The number of fused-ring (bicyclic) bond motifs is 1. The lowest BCUT2D eigenvalue weighted by Gasteiger charge is -2.10. The number of H-pyrrole nitrogens is 1. The van der Waals surface area contributed by atoms with Crippen LogP contribution in [-0.2, 0) is 0 Å². The summed E-state index contributed by atoms with van der Waals surface area (Å²) in [4.78, 5) is 17.4. The largest absolute Gasteiger partial charge is 0.494 e. The Kier molecular flexibility index (Phi) is 3.53. The first-order valence-corrected chi connectivity index (χ1v) is 7.62. The molecular weight excluding hydrogens is 320 g/mol. The molecule has 3 heterocycles. The molecule has 0 saturated carbocycles. The van der Waals surface area contributed by atoms with E-state index in [4.69, 9.17) is 9.15 Å². The molecule has 4 aromatic rings. The number of aromatic nitrogens is 4. The maximum absolute atomic E-state index is 13.1. The van der Waals surface area contributed by atoms with E-state index >= 15 is 0 Å². The van der Waals surface area contributed by atoms with E-state index in [-0.39, 0.29) is 5.43 Å². The standard InChI is InChI=1S/C18H14N4O3/c1-10-15(13-5-3-4-8-19-13)17(23)12(9-25-10)11-6-7-14-16(18(11)24-2)21-22-20-14/h3-9H,1-2H3,(H,20,21,22). The summed E-state index contributed by atoms with van der Waals surface area (Å²) in [5.74, 6) is 0.975. The lowest BCUT2D eigenvalue weighted by molar-refractivity contribution is 0.420. The molecule has 0 bridgehead atoms. The minimum atomic E-state index is -0.177. The molecule has 0 fully saturated rings. The van der Waals surface area contributed by atoms with Crippen LogP contribution in [-0.4, -0.2) is 27.5 Å². The van der Waals surface area contributed by atoms with Crippen LogP contribution in [0.5, 0.6) is 5.75 Å². The van der Waals surface area contributed by atoms with Crippen molar-refractivity contribution in [2.75, 3.05) is 7.11 Å². The van der Waals surface area contributed by atoms with E-state index in [1.54, 1.807) is 37.4 Å². The average Bonchev–Trinajstić information content (AvgIpc) is 3.11. The Morgan fingerprint density at radius 3 is 2.76 bits per heavy atom. The van der Waals surface area contributed by atoms with Gasteiger partial charge in [-0.15, -0.1) is 0 Å². The first-order valence-electron chi connectivity index (χ1n) is 7.62. The molecule has 4 rings (SSSR count). The molecule has 0 spiro atoms. The number of nitrogens with zero attached hydrogens (tertiary/aromatic N) is 3. The highest BCUT2D eigenvalue weighted by Gasteiger charge is 2.20. The van der Waals surface area contributed by atoms with Gasteiger partial charge in [0.25, 0.3) is 0 Å². The number of hydrogen-bond donors (Lipinski definition) is 1. The SMILES string of the molecule is COc1c(-c2coc(C)c(-c3ccccn3)c2=O)ccc2n[nH]nc12. The number of methoxy groups -OCH3 is 1. The molecule has 0 aliphatic heterocycles. The van der Waals surface area contributed by atoms with Crippen molar-refractivity contribution in [3.8, 4) is 28.1 Å². The van der Waals surface area contributed by atoms with Crippen LogP contribution in [0, 0.1) is 6.92 Å². The lowest BCUT2D eigenvalue weighted by Crippen LogP contribution is -2.11. The molecule has 124 valence electrons. The third-order valence-corrected chi connectivity index (χ3v) is 4.04. The quantitative estimate of drug-likeness (QED) is 0.619. The Balaban J connectivity index is 2.01. The Bertz CT molecular complexity index is 1120. The van der Waals surface area contributed by atoms with Crippen LogP contribution >= 0.6 is 0 Å². The van der Waals surface area contributed by atoms with Crippen LogP contribution in [0.15, 0.2) is 52.0 Å². The molecule has 3 aromatic heterocycles. The monoisotopic (exact) mass is 334 g/mol. The fourth-order valence-corrected chi connectivity index (χ4v) is 2.85. The molecule has 7 nitrogen and oxygen atoms in total. The zero-order valence-electron chi connectivity index (χ0n) is 13.6. The van der Waals surface area contributed by atoms with E-state index in [0.717, 1.165) is 0 Å². The predicted molar refractivity (Wildman–Crippen MR) is 92.4 cm³/mol. The predicted octanol–water partition coefficient (Wildman–Crippen LogP) is 2.96. The minimum Gasteiger partial charge on any atom is -0.494 e. The maximum atomic E-state index is 13.1. The van der Waals surface area contributed by atoms with E-state index < -0.39 is 0 Å². The first kappa shape index (κ1) is 15.1. The highest BCUT2D eigenvalue weighted by atomic mass is 16.5. The summed E-state index contributed by atoms with van der Waals surface area (Å²) >= 11 is 0. The summed E-state index contributed by atoms with van der Waals surface area (Å²) < 4.78 is 11.1. The van der Waals surface area contributed by atoms with Crippen molar-refractivity contribution in [2.45, 2.75) is 6.92 Å². The fourth-order valence-electron chi connectivity index (χ4n) is 2.85. The number of benzene rings is 1. The number of ether oxygens (including phenoxy) is 1. The Hall–Kier alpha value is -3.48. The van der Waals surface area contributed by atoms with Crippen LogP contribution < -0.4 is 10.2 Å². The van der Waals surface area contributed by atoms with Crippen LogP contribution in [0.2, 0.25) is 0 Å². The maximum Gasteiger partial charge on any atom is 0.202 e. The minimum absolute atomic E-state index is 0.177. The smallest absolute Gasteiger partial charge is 0.202 e. The molecule has 0 atom stereocenters. The van der Waals surface area contributed by atoms with Crippen molar-refractivity contribution in [1.82, 2.24) is 20.4 Å². The van der Waals surface area contributed by atoms with Gasteiger partial charge in [-0.3, -0.25) is 9.78 Å². The Morgan fingerprint density at radius 1 is 1.12 bits per heavy atom. The van der Waals surface area contributed by atoms with Crippen molar-refractivity contribution >= 4 is 11.0 Å². The Labute approximate surface area is 142 Å². The third-order valence-electron chi connectivity index (χ3n) is 4.04. The van der Waals surface area contributed by atoms with Gasteiger partial charge in [-0.25, -0.2) is 0 Å². The number of aromatic amines is 1. The molecule has 7 heteroatoms. The molecule has 0 amide bonds. The van der Waals surface area contributed by atoms with Crippen LogP contribution in [0.3, 0.4) is 0 Å². The Morgan fingerprint density at radius 2 is 2.00 bits per heavy atom. The van der Waals surface area contributed by atoms with Crippen molar-refractivity contribution in [1.29, 1.82) is 0 Å². The second kappa shape index (κ2) is 5.86. The van der Waals surface area contributed by atoms with Gasteiger partial charge in [0.15, 0.2) is 11.3 Å². The van der Waals surface area contributed by atoms with E-state index in [1.165, 1.54) is 13.4 Å². The molecule has 0 aliphatic rings. The van der Waals surface area contributed by atoms with Gasteiger partial charge in [0.2, 0.25) is 5.43 Å². The summed E-state index contributed by atoms with van der Waals surface area (Å²) in [6, 6.07) is 8.95. The van der Waals surface area contributed by atoms with Crippen molar-refractivity contribution in [3.05, 3.63) is 58.8 Å². The lowest BCUT2D eigenvalue weighted by atomic mass is 10.0. The highest BCUT2D eigenvalue weighted by Crippen LogP contribution is 2.34. The van der Waals surface area contributed by atoms with Crippen molar-refractivity contribution < 1.29 is 9.15 Å². The summed E-state index contributed by atoms with van der Waals surface area (Å²) in [6.45, 7) is 1.74. The van der Waals surface area contributed by atoms with Gasteiger partial charge >= 0.3 is 0 Å². The van der Waals surface area contributed by atoms with Gasteiger partial charge in [-0.1, -0.05) is 6.07 Å². The van der Waals surface area contributed by atoms with Crippen LogP contribution in [0.1, 0.15) is 5.76 Å². The molecule has 0 radical (unpaired) electrons. The summed E-state index contributed by atoms with van der Waals surface area (Å²) in [7, 11) is 1.53. The number of pyridine rings is 1. The molecular formula is C18H14N4O3. The molecule has 0 unspecified atom stereocenters. The van der Waals surface area contributed by atoms with Crippen molar-refractivity contribution in [2.24, 2.45) is 0 Å². The number of hydrogen-bond acceptors (Lipinski definition) is 6. The van der Waals surface area contributed by atoms with Crippen molar-refractivity contribution in [3.63, 3.8) is 0 Å². The van der Waals surface area contributed by atoms with E-state index in [1.807, 2.05) is 6.07 Å². The van der Waals surface area contributed by atoms with E-state index in [0.29, 0.717) is 44.9 Å². The molecule has 0 saturated heterocycles. The van der Waals surface area contributed by atoms with Gasteiger partial charge in [-0.2, -0.15) is 15.4 Å². The average molecular weight is 334 g/mol. The van der Waals surface area contributed by atoms with Crippen LogP contribution in [0.25, 0.3) is 33.4 Å². The number of aryl methyl sites for hydroxylation is 1. The number of rotatable bonds is 3. The molecule has 0 aliphatic carbocycles. The van der Waals surface area contributed by atoms with Gasteiger partial charge in [0.1, 0.15) is 17.5 Å². The molecule has 1 N–H and O–H groups in total. The number of nitrogens with one attached hydrogen (secondary N) is 1. The zero-order chi connectivity index (χ0) is 17.4. The zero-order valence-corrected chi connectivity index (χ0v) is 13.6. The van der Waals surface area contributed by atoms with E-state index in [2.05, 4.69) is 20.4 Å². The molecule has 25 heavy (non-hydrogen) atoms. The second-order valence-electron chi connectivity index (χ2n) is 5.46. The van der Waals surface area contributed by atoms with Gasteiger partial charge < -0.3 is 9.15 Å². The topological polar surface area (TPSA) is 93.9 Å². The third kappa shape index (κ3) is 2.37. The van der Waals surface area contributed by atoms with Gasteiger partial charge in [0, 0.05) is 11.8 Å². The van der Waals surface area contributed by atoms with Gasteiger partial charge in [0.05, 0.1) is 23.9 Å². The fraction of sp³-hybridized carbons (Fsp3) is 0.111. The summed E-state index contributed by atoms with van der Waals surface area (Å²) in [5, 5.41) is 10.7. The second-order valence-corrected chi connectivity index (χ2v) is 5.46.